The van der Waals surface area contributed by atoms with Gasteiger partial charge in [0.25, 0.3) is 10.0 Å². The zero-order valence-electron chi connectivity index (χ0n) is 24.6. The number of amides is 2. The summed E-state index contributed by atoms with van der Waals surface area (Å²) in [6, 6.07) is 20.4. The lowest BCUT2D eigenvalue weighted by Crippen LogP contribution is -2.54. The fourth-order valence-electron chi connectivity index (χ4n) is 5.41. The molecule has 1 atom stereocenters. The maximum Gasteiger partial charge on any atom is 0.264 e. The van der Waals surface area contributed by atoms with Crippen molar-refractivity contribution >= 4 is 39.1 Å². The number of anilines is 1. The molecule has 0 radical (unpaired) electrons. The molecule has 42 heavy (non-hydrogen) atoms. The molecule has 1 fully saturated rings. The molecule has 0 spiro atoms. The molecule has 2 amide bonds. The Morgan fingerprint density at radius 2 is 1.62 bits per heavy atom. The maximum absolute atomic E-state index is 14.2. The van der Waals surface area contributed by atoms with Gasteiger partial charge in [-0.2, -0.15) is 0 Å². The van der Waals surface area contributed by atoms with E-state index >= 15 is 0 Å². The Morgan fingerprint density at radius 3 is 2.24 bits per heavy atom. The number of carbonyl (C=O) groups is 2. The van der Waals surface area contributed by atoms with Crippen LogP contribution in [-0.2, 0) is 26.0 Å². The summed E-state index contributed by atoms with van der Waals surface area (Å²) in [5.41, 5.74) is 3.32. The van der Waals surface area contributed by atoms with E-state index in [9.17, 15) is 18.0 Å². The Kier molecular flexibility index (Phi) is 10.7. The van der Waals surface area contributed by atoms with Crippen molar-refractivity contribution in [1.82, 2.24) is 10.2 Å². The highest BCUT2D eigenvalue weighted by Crippen LogP contribution is 2.27. The lowest BCUT2D eigenvalue weighted by atomic mass is 10.1. The Bertz CT molecular complexity index is 1470. The van der Waals surface area contributed by atoms with Gasteiger partial charge >= 0.3 is 0 Å². The van der Waals surface area contributed by atoms with Gasteiger partial charge in [0, 0.05) is 17.6 Å². The van der Waals surface area contributed by atoms with E-state index in [1.165, 1.54) is 24.3 Å². The molecule has 1 saturated carbocycles. The quantitative estimate of drug-likeness (QED) is 0.270. The van der Waals surface area contributed by atoms with Crippen LogP contribution in [0.5, 0.6) is 0 Å². The number of sulfonamides is 1. The minimum Gasteiger partial charge on any atom is -0.352 e. The van der Waals surface area contributed by atoms with Crippen molar-refractivity contribution in [2.24, 2.45) is 0 Å². The molecule has 4 rings (SSSR count). The second-order valence-corrected chi connectivity index (χ2v) is 13.3. The SMILES string of the molecule is CC[C@@H](C(=O)NC1CCCC1)N(CCc1ccccc1)C(=O)CN(c1ccc(C)c(C)c1)S(=O)(=O)c1ccc(Cl)cc1. The summed E-state index contributed by atoms with van der Waals surface area (Å²) in [7, 11) is -4.14. The van der Waals surface area contributed by atoms with Crippen molar-refractivity contribution < 1.29 is 18.0 Å². The molecule has 9 heteroatoms. The van der Waals surface area contributed by atoms with Crippen LogP contribution in [0.4, 0.5) is 5.69 Å². The van der Waals surface area contributed by atoms with Crippen molar-refractivity contribution in [3.05, 3.63) is 94.5 Å². The second kappa shape index (κ2) is 14.2. The number of carbonyl (C=O) groups excluding carboxylic acids is 2. The summed E-state index contributed by atoms with van der Waals surface area (Å²) in [5, 5.41) is 3.56. The zero-order valence-corrected chi connectivity index (χ0v) is 26.1. The molecule has 0 bridgehead atoms. The molecule has 1 aliphatic rings. The molecule has 3 aromatic rings. The molecular weight excluding hydrogens is 570 g/mol. The third-order valence-corrected chi connectivity index (χ3v) is 10.1. The molecule has 1 aliphatic carbocycles. The van der Waals surface area contributed by atoms with Crippen molar-refractivity contribution in [3.8, 4) is 0 Å². The number of hydrogen-bond acceptors (Lipinski definition) is 4. The summed E-state index contributed by atoms with van der Waals surface area (Å²) in [4.78, 5) is 29.3. The van der Waals surface area contributed by atoms with Gasteiger partial charge in [-0.3, -0.25) is 13.9 Å². The summed E-state index contributed by atoms with van der Waals surface area (Å²) in [6.07, 6.45) is 4.96. The van der Waals surface area contributed by atoms with Crippen LogP contribution in [0.1, 0.15) is 55.7 Å². The standard InChI is InChI=1S/C33H40ClN3O4S/c1-4-31(33(39)35-28-12-8-9-13-28)36(21-20-26-10-6-5-7-11-26)32(38)23-37(29-17-14-24(2)25(3)22-29)42(40,41)30-18-15-27(34)16-19-30/h5-7,10-11,14-19,22,28,31H,4,8-9,12-13,20-21,23H2,1-3H3,(H,35,39)/t31-/m0/s1. The minimum absolute atomic E-state index is 0.0276. The van der Waals surface area contributed by atoms with Crippen LogP contribution >= 0.6 is 11.6 Å². The summed E-state index contributed by atoms with van der Waals surface area (Å²) >= 11 is 6.04. The van der Waals surface area contributed by atoms with Gasteiger partial charge in [0.1, 0.15) is 12.6 Å². The molecule has 0 aromatic heterocycles. The lowest BCUT2D eigenvalue weighted by molar-refractivity contribution is -0.139. The second-order valence-electron chi connectivity index (χ2n) is 11.0. The summed E-state index contributed by atoms with van der Waals surface area (Å²) in [5.74, 6) is -0.626. The molecule has 3 aromatic carbocycles. The third kappa shape index (κ3) is 7.72. The van der Waals surface area contributed by atoms with Crippen molar-refractivity contribution in [2.75, 3.05) is 17.4 Å². The van der Waals surface area contributed by atoms with Gasteiger partial charge in [-0.1, -0.05) is 67.8 Å². The van der Waals surface area contributed by atoms with Crippen molar-refractivity contribution in [2.45, 2.75) is 76.3 Å². The first-order valence-electron chi connectivity index (χ1n) is 14.6. The van der Waals surface area contributed by atoms with E-state index in [4.69, 9.17) is 11.6 Å². The molecule has 0 heterocycles. The fraction of sp³-hybridized carbons (Fsp3) is 0.394. The molecule has 0 unspecified atom stereocenters. The normalized spacial score (nSPS) is 14.4. The van der Waals surface area contributed by atoms with E-state index in [1.54, 1.807) is 17.0 Å². The van der Waals surface area contributed by atoms with Gasteiger partial charge in [-0.25, -0.2) is 8.42 Å². The van der Waals surface area contributed by atoms with Crippen molar-refractivity contribution in [3.63, 3.8) is 0 Å². The summed E-state index contributed by atoms with van der Waals surface area (Å²) < 4.78 is 29.2. The smallest absolute Gasteiger partial charge is 0.264 e. The van der Waals surface area contributed by atoms with Crippen LogP contribution in [0.25, 0.3) is 0 Å². The number of rotatable bonds is 12. The Morgan fingerprint density at radius 1 is 0.952 bits per heavy atom. The van der Waals surface area contributed by atoms with E-state index in [-0.39, 0.29) is 23.4 Å². The first-order chi connectivity index (χ1) is 20.1. The number of halogens is 1. The minimum atomic E-state index is -4.14. The van der Waals surface area contributed by atoms with E-state index in [2.05, 4.69) is 5.32 Å². The Balaban J connectivity index is 1.69. The molecule has 0 aliphatic heterocycles. The van der Waals surface area contributed by atoms with E-state index in [1.807, 2.05) is 57.2 Å². The van der Waals surface area contributed by atoms with Gasteiger partial charge in [-0.15, -0.1) is 0 Å². The third-order valence-electron chi connectivity index (χ3n) is 8.03. The van der Waals surface area contributed by atoms with Gasteiger partial charge in [0.15, 0.2) is 0 Å². The summed E-state index contributed by atoms with van der Waals surface area (Å²) in [6.45, 7) is 5.56. The Hall–Kier alpha value is -3.36. The predicted molar refractivity (Wildman–Crippen MR) is 168 cm³/mol. The van der Waals surface area contributed by atoms with Gasteiger partial charge in [-0.05, 0) is 92.6 Å². The zero-order chi connectivity index (χ0) is 30.3. The van der Waals surface area contributed by atoms with E-state index in [0.29, 0.717) is 23.6 Å². The lowest BCUT2D eigenvalue weighted by Gasteiger charge is -2.34. The van der Waals surface area contributed by atoms with Crippen LogP contribution in [0, 0.1) is 13.8 Å². The maximum atomic E-state index is 14.2. The Labute approximate surface area is 254 Å². The average Bonchev–Trinajstić information content (AvgIpc) is 3.49. The molecule has 0 saturated heterocycles. The van der Waals surface area contributed by atoms with Crippen LogP contribution in [0.3, 0.4) is 0 Å². The number of aryl methyl sites for hydroxylation is 2. The van der Waals surface area contributed by atoms with Crippen LogP contribution < -0.4 is 9.62 Å². The highest BCUT2D eigenvalue weighted by atomic mass is 35.5. The fourth-order valence-corrected chi connectivity index (χ4v) is 6.94. The highest BCUT2D eigenvalue weighted by molar-refractivity contribution is 7.92. The van der Waals surface area contributed by atoms with E-state index in [0.717, 1.165) is 46.7 Å². The number of nitrogens with one attached hydrogen (secondary N) is 1. The van der Waals surface area contributed by atoms with Gasteiger partial charge in [0.05, 0.1) is 10.6 Å². The molecule has 7 nitrogen and oxygen atoms in total. The highest BCUT2D eigenvalue weighted by Gasteiger charge is 2.34. The van der Waals surface area contributed by atoms with Crippen LogP contribution in [-0.4, -0.2) is 50.3 Å². The number of nitrogens with zero attached hydrogens (tertiary/aromatic N) is 2. The topological polar surface area (TPSA) is 86.8 Å². The van der Waals surface area contributed by atoms with Gasteiger partial charge in [0.2, 0.25) is 11.8 Å². The van der Waals surface area contributed by atoms with Crippen molar-refractivity contribution in [1.29, 1.82) is 0 Å². The predicted octanol–water partition coefficient (Wildman–Crippen LogP) is 6.06. The van der Waals surface area contributed by atoms with E-state index < -0.39 is 28.5 Å². The number of benzene rings is 3. The first kappa shape index (κ1) is 31.6. The first-order valence-corrected chi connectivity index (χ1v) is 16.4. The number of hydrogen-bond donors (Lipinski definition) is 1. The van der Waals surface area contributed by atoms with Crippen LogP contribution in [0.15, 0.2) is 77.7 Å². The monoisotopic (exact) mass is 609 g/mol. The molecule has 224 valence electrons. The van der Waals surface area contributed by atoms with Gasteiger partial charge < -0.3 is 10.2 Å². The average molecular weight is 610 g/mol. The molecular formula is C33H40ClN3O4S. The molecule has 1 N–H and O–H groups in total. The van der Waals surface area contributed by atoms with Crippen LogP contribution in [0.2, 0.25) is 5.02 Å². The largest absolute Gasteiger partial charge is 0.352 e.